The van der Waals surface area contributed by atoms with E-state index in [4.69, 9.17) is 25.5 Å². The highest BCUT2D eigenvalue weighted by Crippen LogP contribution is 2.30. The Bertz CT molecular complexity index is 1230. The fourth-order valence-electron chi connectivity index (χ4n) is 3.35. The predicted octanol–water partition coefficient (Wildman–Crippen LogP) is 6.01. The van der Waals surface area contributed by atoms with E-state index in [0.717, 1.165) is 27.8 Å². The molecular formula is C24H19ClO4. The topological polar surface area (TPSA) is 48.7 Å². The van der Waals surface area contributed by atoms with Crippen molar-refractivity contribution in [3.8, 4) is 22.6 Å². The maximum absolute atomic E-state index is 12.6. The fourth-order valence-corrected chi connectivity index (χ4v) is 3.48. The minimum absolute atomic E-state index is 0.370. The van der Waals surface area contributed by atoms with Gasteiger partial charge in [-0.2, -0.15) is 0 Å². The van der Waals surface area contributed by atoms with Crippen LogP contribution < -0.4 is 15.1 Å². The van der Waals surface area contributed by atoms with Crippen molar-refractivity contribution in [1.82, 2.24) is 0 Å². The molecule has 0 atom stereocenters. The lowest BCUT2D eigenvalue weighted by atomic mass is 9.99. The zero-order valence-corrected chi connectivity index (χ0v) is 16.8. The van der Waals surface area contributed by atoms with Crippen LogP contribution in [-0.2, 0) is 6.61 Å². The van der Waals surface area contributed by atoms with Gasteiger partial charge >= 0.3 is 5.63 Å². The van der Waals surface area contributed by atoms with Crippen molar-refractivity contribution in [2.45, 2.75) is 13.5 Å². The predicted molar refractivity (Wildman–Crippen MR) is 115 cm³/mol. The first kappa shape index (κ1) is 19.1. The molecule has 146 valence electrons. The van der Waals surface area contributed by atoms with Gasteiger partial charge in [0, 0.05) is 16.0 Å². The summed E-state index contributed by atoms with van der Waals surface area (Å²) in [4.78, 5) is 12.6. The third kappa shape index (κ3) is 3.84. The molecule has 0 aliphatic rings. The van der Waals surface area contributed by atoms with Crippen molar-refractivity contribution >= 4 is 22.6 Å². The van der Waals surface area contributed by atoms with Crippen LogP contribution in [0.25, 0.3) is 22.1 Å². The third-order valence-corrected chi connectivity index (χ3v) is 5.11. The second-order valence-corrected chi connectivity index (χ2v) is 7.09. The van der Waals surface area contributed by atoms with Crippen molar-refractivity contribution in [2.24, 2.45) is 0 Å². The highest BCUT2D eigenvalue weighted by Gasteiger charge is 2.14. The van der Waals surface area contributed by atoms with Crippen LogP contribution in [0.5, 0.6) is 11.5 Å². The van der Waals surface area contributed by atoms with E-state index in [1.165, 1.54) is 0 Å². The maximum Gasteiger partial charge on any atom is 0.344 e. The largest absolute Gasteiger partial charge is 0.496 e. The number of benzene rings is 3. The number of para-hydroxylation sites is 1. The van der Waals surface area contributed by atoms with Crippen molar-refractivity contribution in [3.05, 3.63) is 93.3 Å². The van der Waals surface area contributed by atoms with E-state index in [1.807, 2.05) is 49.4 Å². The van der Waals surface area contributed by atoms with Gasteiger partial charge < -0.3 is 13.9 Å². The molecule has 0 spiro atoms. The number of rotatable bonds is 5. The van der Waals surface area contributed by atoms with Gasteiger partial charge in [0.05, 0.1) is 12.7 Å². The molecule has 4 aromatic rings. The summed E-state index contributed by atoms with van der Waals surface area (Å²) in [5.74, 6) is 1.46. The standard InChI is InChI=1S/C24H19ClO4/c1-15-20-13-19(28-14-17-5-3-4-6-21(17)27-2)11-12-22(20)29-24(26)23(15)16-7-9-18(25)10-8-16/h3-13H,14H2,1-2H3. The van der Waals surface area contributed by atoms with Gasteiger partial charge in [0.15, 0.2) is 0 Å². The van der Waals surface area contributed by atoms with Crippen molar-refractivity contribution in [2.75, 3.05) is 7.11 Å². The summed E-state index contributed by atoms with van der Waals surface area (Å²) >= 11 is 5.97. The van der Waals surface area contributed by atoms with Gasteiger partial charge in [0.25, 0.3) is 0 Å². The SMILES string of the molecule is COc1ccccc1COc1ccc2oc(=O)c(-c3ccc(Cl)cc3)c(C)c2c1. The van der Waals surface area contributed by atoms with Crippen LogP contribution in [0.15, 0.2) is 75.9 Å². The van der Waals surface area contributed by atoms with Gasteiger partial charge in [-0.25, -0.2) is 4.79 Å². The quantitative estimate of drug-likeness (QED) is 0.381. The molecule has 29 heavy (non-hydrogen) atoms. The lowest BCUT2D eigenvalue weighted by molar-refractivity contribution is 0.297. The first-order chi connectivity index (χ1) is 14.1. The average Bonchev–Trinajstić information content (AvgIpc) is 2.74. The van der Waals surface area contributed by atoms with Gasteiger partial charge in [-0.15, -0.1) is 0 Å². The number of ether oxygens (including phenoxy) is 2. The Hall–Kier alpha value is -3.24. The van der Waals surface area contributed by atoms with Gasteiger partial charge in [-0.1, -0.05) is 41.9 Å². The molecule has 0 radical (unpaired) electrons. The molecule has 0 aliphatic carbocycles. The molecule has 1 aromatic heterocycles. The second kappa shape index (κ2) is 8.02. The van der Waals surface area contributed by atoms with Crippen LogP contribution in [0.2, 0.25) is 5.02 Å². The van der Waals surface area contributed by atoms with E-state index < -0.39 is 0 Å². The molecule has 0 fully saturated rings. The van der Waals surface area contributed by atoms with Crippen molar-refractivity contribution in [3.63, 3.8) is 0 Å². The first-order valence-corrected chi connectivity index (χ1v) is 9.52. The number of hydrogen-bond donors (Lipinski definition) is 0. The van der Waals surface area contributed by atoms with Crippen LogP contribution in [0.4, 0.5) is 0 Å². The molecule has 0 bridgehead atoms. The Kier molecular flexibility index (Phi) is 5.28. The van der Waals surface area contributed by atoms with E-state index in [-0.39, 0.29) is 5.63 Å². The maximum atomic E-state index is 12.6. The minimum Gasteiger partial charge on any atom is -0.496 e. The second-order valence-electron chi connectivity index (χ2n) is 6.65. The average molecular weight is 407 g/mol. The molecule has 0 aliphatic heterocycles. The Morgan fingerprint density at radius 1 is 1.00 bits per heavy atom. The van der Waals surface area contributed by atoms with Crippen LogP contribution in [0.3, 0.4) is 0 Å². The molecule has 1 heterocycles. The summed E-state index contributed by atoms with van der Waals surface area (Å²) in [5, 5.41) is 1.44. The number of fused-ring (bicyclic) bond motifs is 1. The molecule has 3 aromatic carbocycles. The first-order valence-electron chi connectivity index (χ1n) is 9.15. The summed E-state index contributed by atoms with van der Waals surface area (Å²) in [6.07, 6.45) is 0. The normalized spacial score (nSPS) is 10.9. The van der Waals surface area contributed by atoms with Crippen molar-refractivity contribution < 1.29 is 13.9 Å². The van der Waals surface area contributed by atoms with Crippen LogP contribution in [0.1, 0.15) is 11.1 Å². The Balaban J connectivity index is 1.71. The van der Waals surface area contributed by atoms with Crippen LogP contribution in [-0.4, -0.2) is 7.11 Å². The van der Waals surface area contributed by atoms with E-state index in [2.05, 4.69) is 0 Å². The zero-order chi connectivity index (χ0) is 20.4. The minimum atomic E-state index is -0.375. The monoisotopic (exact) mass is 406 g/mol. The van der Waals surface area contributed by atoms with Gasteiger partial charge in [0.1, 0.15) is 23.7 Å². The molecule has 0 saturated carbocycles. The van der Waals surface area contributed by atoms with Crippen LogP contribution in [0, 0.1) is 6.92 Å². The molecule has 0 unspecified atom stereocenters. The zero-order valence-electron chi connectivity index (χ0n) is 16.1. The lowest BCUT2D eigenvalue weighted by Crippen LogP contribution is -2.06. The number of halogens is 1. The van der Waals surface area contributed by atoms with Gasteiger partial charge in [0.2, 0.25) is 0 Å². The van der Waals surface area contributed by atoms with E-state index in [9.17, 15) is 4.79 Å². The summed E-state index contributed by atoms with van der Waals surface area (Å²) in [6, 6.07) is 20.3. The van der Waals surface area contributed by atoms with Gasteiger partial charge in [-0.05, 0) is 54.4 Å². The lowest BCUT2D eigenvalue weighted by Gasteiger charge is -2.12. The summed E-state index contributed by atoms with van der Waals surface area (Å²) in [7, 11) is 1.64. The smallest absolute Gasteiger partial charge is 0.344 e. The summed E-state index contributed by atoms with van der Waals surface area (Å²) in [6.45, 7) is 2.28. The highest BCUT2D eigenvalue weighted by molar-refractivity contribution is 6.30. The summed E-state index contributed by atoms with van der Waals surface area (Å²) < 4.78 is 16.9. The van der Waals surface area contributed by atoms with Gasteiger partial charge in [-0.3, -0.25) is 0 Å². The van der Waals surface area contributed by atoms with E-state index >= 15 is 0 Å². The Morgan fingerprint density at radius 3 is 2.52 bits per heavy atom. The van der Waals surface area contributed by atoms with E-state index in [1.54, 1.807) is 31.4 Å². The molecule has 4 rings (SSSR count). The van der Waals surface area contributed by atoms with Crippen molar-refractivity contribution in [1.29, 1.82) is 0 Å². The molecular weight excluding hydrogens is 388 g/mol. The van der Waals surface area contributed by atoms with E-state index in [0.29, 0.717) is 28.5 Å². The molecule has 0 saturated heterocycles. The molecule has 0 amide bonds. The Labute approximate surface area is 173 Å². The molecule has 0 N–H and O–H groups in total. The fraction of sp³-hybridized carbons (Fsp3) is 0.125. The Morgan fingerprint density at radius 2 is 1.76 bits per heavy atom. The van der Waals surface area contributed by atoms with Crippen LogP contribution >= 0.6 is 11.6 Å². The third-order valence-electron chi connectivity index (χ3n) is 4.86. The molecule has 4 nitrogen and oxygen atoms in total. The molecule has 5 heteroatoms. The highest BCUT2D eigenvalue weighted by atomic mass is 35.5. The summed E-state index contributed by atoms with van der Waals surface area (Å²) in [5.41, 5.74) is 3.23. The number of hydrogen-bond acceptors (Lipinski definition) is 4. The number of methoxy groups -OCH3 is 1. The number of aryl methyl sites for hydroxylation is 1.